The number of carbonyl (C=O) groups excluding carboxylic acids is 1. The number of amides is 1. The molecule has 0 aromatic carbocycles. The van der Waals surface area contributed by atoms with Gasteiger partial charge in [0.1, 0.15) is 0 Å². The monoisotopic (exact) mass is 275 g/mol. The second kappa shape index (κ2) is 5.05. The number of likely N-dealkylation sites (tertiary alicyclic amines) is 1. The number of rotatable bonds is 2. The zero-order valence-electron chi connectivity index (χ0n) is 12.0. The van der Waals surface area contributed by atoms with E-state index in [0.29, 0.717) is 23.4 Å². The van der Waals surface area contributed by atoms with Crippen molar-refractivity contribution in [1.82, 2.24) is 14.8 Å². The molecule has 3 atom stereocenters. The van der Waals surface area contributed by atoms with Crippen LogP contribution < -0.4 is 10.9 Å². The number of hydrogen-bond donors (Lipinski definition) is 1. The molecule has 0 spiro atoms. The molecule has 5 heteroatoms. The maximum atomic E-state index is 12.7. The first-order chi connectivity index (χ1) is 9.61. The van der Waals surface area contributed by atoms with Crippen LogP contribution >= 0.6 is 0 Å². The van der Waals surface area contributed by atoms with Crippen LogP contribution in [0.25, 0.3) is 0 Å². The molecule has 2 aliphatic heterocycles. The quantitative estimate of drug-likeness (QED) is 0.853. The Morgan fingerprint density at radius 3 is 2.95 bits per heavy atom. The topological polar surface area (TPSA) is 54.3 Å². The zero-order valence-corrected chi connectivity index (χ0v) is 12.0. The minimum atomic E-state index is -0.134. The number of nitrogens with one attached hydrogen (secondary N) is 1. The Balaban J connectivity index is 1.86. The average molecular weight is 275 g/mol. The Labute approximate surface area is 118 Å². The van der Waals surface area contributed by atoms with Crippen molar-refractivity contribution in [3.8, 4) is 0 Å². The Bertz CT molecular complexity index is 581. The summed E-state index contributed by atoms with van der Waals surface area (Å²) in [5.41, 5.74) is 0.379. The van der Waals surface area contributed by atoms with Crippen LogP contribution in [-0.2, 0) is 7.05 Å². The number of hydrogen-bond acceptors (Lipinski definition) is 3. The lowest BCUT2D eigenvalue weighted by atomic mass is 9.93. The molecule has 0 saturated carbocycles. The molecule has 2 fully saturated rings. The minimum Gasteiger partial charge on any atom is -0.335 e. The van der Waals surface area contributed by atoms with Gasteiger partial charge in [0.15, 0.2) is 0 Å². The van der Waals surface area contributed by atoms with Crippen molar-refractivity contribution in [2.45, 2.75) is 19.4 Å². The smallest absolute Gasteiger partial charge is 0.254 e. The van der Waals surface area contributed by atoms with Crippen molar-refractivity contribution < 1.29 is 4.79 Å². The normalized spacial score (nSPS) is 28.7. The summed E-state index contributed by atoms with van der Waals surface area (Å²) in [6, 6.07) is 3.48. The largest absolute Gasteiger partial charge is 0.335 e. The van der Waals surface area contributed by atoms with E-state index in [0.717, 1.165) is 26.1 Å². The Hall–Kier alpha value is -1.62. The molecule has 0 bridgehead atoms. The maximum absolute atomic E-state index is 12.7. The lowest BCUT2D eigenvalue weighted by Gasteiger charge is -2.27. The van der Waals surface area contributed by atoms with Crippen LogP contribution in [0.15, 0.2) is 23.1 Å². The number of carbonyl (C=O) groups is 1. The molecule has 0 radical (unpaired) electrons. The molecule has 2 aliphatic rings. The number of nitrogens with zero attached hydrogens (tertiary/aromatic N) is 2. The fraction of sp³-hybridized carbons (Fsp3) is 0.600. The van der Waals surface area contributed by atoms with E-state index in [9.17, 15) is 9.59 Å². The van der Waals surface area contributed by atoms with Gasteiger partial charge in [-0.1, -0.05) is 6.92 Å². The number of aryl methyl sites for hydroxylation is 1. The van der Waals surface area contributed by atoms with Crippen LogP contribution in [-0.4, -0.2) is 41.1 Å². The highest BCUT2D eigenvalue weighted by molar-refractivity contribution is 5.94. The lowest BCUT2D eigenvalue weighted by Crippen LogP contribution is -2.40. The lowest BCUT2D eigenvalue weighted by molar-refractivity contribution is 0.0711. The summed E-state index contributed by atoms with van der Waals surface area (Å²) in [5.74, 6) is 1.13. The van der Waals surface area contributed by atoms with E-state index in [1.165, 1.54) is 10.6 Å². The van der Waals surface area contributed by atoms with E-state index in [1.807, 2.05) is 4.90 Å². The first-order valence-corrected chi connectivity index (χ1v) is 7.30. The molecule has 5 nitrogen and oxygen atoms in total. The van der Waals surface area contributed by atoms with Crippen LogP contribution in [0.3, 0.4) is 0 Å². The van der Waals surface area contributed by atoms with Gasteiger partial charge in [0.25, 0.3) is 11.5 Å². The summed E-state index contributed by atoms with van der Waals surface area (Å²) in [4.78, 5) is 26.3. The molecule has 3 heterocycles. The molecule has 1 aromatic heterocycles. The SMILES string of the molecule is CCC1C2CNCC2CN1C(=O)c1ccn(C)c(=O)c1. The fourth-order valence-corrected chi connectivity index (χ4v) is 3.63. The molecule has 2 saturated heterocycles. The van der Waals surface area contributed by atoms with Crippen molar-refractivity contribution in [3.05, 3.63) is 34.2 Å². The second-order valence-corrected chi connectivity index (χ2v) is 5.88. The number of pyridine rings is 1. The van der Waals surface area contributed by atoms with E-state index < -0.39 is 0 Å². The third kappa shape index (κ3) is 2.06. The van der Waals surface area contributed by atoms with Crippen LogP contribution in [0, 0.1) is 11.8 Å². The molecular weight excluding hydrogens is 254 g/mol. The van der Waals surface area contributed by atoms with Crippen LogP contribution in [0.1, 0.15) is 23.7 Å². The molecule has 0 aliphatic carbocycles. The van der Waals surface area contributed by atoms with Gasteiger partial charge < -0.3 is 14.8 Å². The van der Waals surface area contributed by atoms with E-state index in [4.69, 9.17) is 0 Å². The van der Waals surface area contributed by atoms with Crippen LogP contribution in [0.4, 0.5) is 0 Å². The molecule has 1 N–H and O–H groups in total. The van der Waals surface area contributed by atoms with Gasteiger partial charge in [-0.15, -0.1) is 0 Å². The Morgan fingerprint density at radius 1 is 1.45 bits per heavy atom. The van der Waals surface area contributed by atoms with Gasteiger partial charge in [-0.05, 0) is 24.3 Å². The molecular formula is C15H21N3O2. The van der Waals surface area contributed by atoms with Crippen molar-refractivity contribution in [3.63, 3.8) is 0 Å². The van der Waals surface area contributed by atoms with Crippen LogP contribution in [0.5, 0.6) is 0 Å². The molecule has 108 valence electrons. The molecule has 3 rings (SSSR count). The highest BCUT2D eigenvalue weighted by Crippen LogP contribution is 2.34. The Morgan fingerprint density at radius 2 is 2.25 bits per heavy atom. The zero-order chi connectivity index (χ0) is 14.3. The predicted octanol–water partition coefficient (Wildman–Crippen LogP) is 0.455. The fourth-order valence-electron chi connectivity index (χ4n) is 3.63. The average Bonchev–Trinajstić information content (AvgIpc) is 3.01. The maximum Gasteiger partial charge on any atom is 0.254 e. The number of fused-ring (bicyclic) bond motifs is 1. The first kappa shape index (κ1) is 13.4. The summed E-state index contributed by atoms with van der Waals surface area (Å²) >= 11 is 0. The predicted molar refractivity (Wildman–Crippen MR) is 76.6 cm³/mol. The van der Waals surface area contributed by atoms with E-state index in [1.54, 1.807) is 19.3 Å². The third-order valence-corrected chi connectivity index (χ3v) is 4.75. The van der Waals surface area contributed by atoms with Gasteiger partial charge in [0.05, 0.1) is 0 Å². The van der Waals surface area contributed by atoms with Crippen molar-refractivity contribution in [2.75, 3.05) is 19.6 Å². The van der Waals surface area contributed by atoms with Gasteiger partial charge in [0, 0.05) is 50.6 Å². The summed E-state index contributed by atoms with van der Waals surface area (Å²) in [7, 11) is 1.69. The van der Waals surface area contributed by atoms with Gasteiger partial charge in [-0.2, -0.15) is 0 Å². The van der Waals surface area contributed by atoms with Crippen LogP contribution in [0.2, 0.25) is 0 Å². The van der Waals surface area contributed by atoms with E-state index in [-0.39, 0.29) is 11.5 Å². The molecule has 1 aromatic rings. The molecule has 1 amide bonds. The van der Waals surface area contributed by atoms with Crippen molar-refractivity contribution >= 4 is 5.91 Å². The summed E-state index contributed by atoms with van der Waals surface area (Å²) in [5, 5.41) is 3.41. The highest BCUT2D eigenvalue weighted by Gasteiger charge is 2.45. The van der Waals surface area contributed by atoms with Gasteiger partial charge in [-0.3, -0.25) is 9.59 Å². The van der Waals surface area contributed by atoms with Gasteiger partial charge in [-0.25, -0.2) is 0 Å². The second-order valence-electron chi connectivity index (χ2n) is 5.88. The summed E-state index contributed by atoms with van der Waals surface area (Å²) < 4.78 is 1.48. The van der Waals surface area contributed by atoms with E-state index >= 15 is 0 Å². The van der Waals surface area contributed by atoms with Crippen molar-refractivity contribution in [1.29, 1.82) is 0 Å². The summed E-state index contributed by atoms with van der Waals surface area (Å²) in [6.07, 6.45) is 2.63. The third-order valence-electron chi connectivity index (χ3n) is 4.75. The minimum absolute atomic E-state index is 0.00366. The first-order valence-electron chi connectivity index (χ1n) is 7.30. The molecule has 20 heavy (non-hydrogen) atoms. The number of aromatic nitrogens is 1. The molecule has 3 unspecified atom stereocenters. The van der Waals surface area contributed by atoms with E-state index in [2.05, 4.69) is 12.2 Å². The summed E-state index contributed by atoms with van der Waals surface area (Å²) in [6.45, 7) is 4.95. The standard InChI is InChI=1S/C15H21N3O2/c1-3-13-12-8-16-7-11(12)9-18(13)15(20)10-4-5-17(2)14(19)6-10/h4-6,11-13,16H,3,7-9H2,1-2H3. The van der Waals surface area contributed by atoms with Crippen molar-refractivity contribution in [2.24, 2.45) is 18.9 Å². The van der Waals surface area contributed by atoms with Gasteiger partial charge >= 0.3 is 0 Å². The Kier molecular flexibility index (Phi) is 3.38. The highest BCUT2D eigenvalue weighted by atomic mass is 16.2. The van der Waals surface area contributed by atoms with Gasteiger partial charge in [0.2, 0.25) is 0 Å².